The van der Waals surface area contributed by atoms with Gasteiger partial charge in [-0.15, -0.1) is 0 Å². The molecule has 23 heavy (non-hydrogen) atoms. The van der Waals surface area contributed by atoms with Gasteiger partial charge in [-0.2, -0.15) is 18.9 Å². The standard InChI is InChI=1S/C14H19F2N7/c1-8-10(6-19-23(8)13(15)16)11-5-12(21-14(17)20-11)22-4-3-9(7-22)18-2/h5-6,9,13,18H,3-4,7H2,1-2H3,(H2,17,20,21)/t9-/m1/s1. The van der Waals surface area contributed by atoms with Crippen molar-refractivity contribution < 1.29 is 8.78 Å². The summed E-state index contributed by atoms with van der Waals surface area (Å²) in [5.41, 5.74) is 7.19. The lowest BCUT2D eigenvalue weighted by Crippen LogP contribution is -2.30. The van der Waals surface area contributed by atoms with Gasteiger partial charge in [0, 0.05) is 30.8 Å². The summed E-state index contributed by atoms with van der Waals surface area (Å²) in [6, 6.07) is 2.17. The smallest absolute Gasteiger partial charge is 0.333 e. The van der Waals surface area contributed by atoms with Gasteiger partial charge in [0.2, 0.25) is 5.95 Å². The fourth-order valence-corrected chi connectivity index (χ4v) is 2.83. The number of likely N-dealkylation sites (N-methyl/N-ethyl adjacent to an activating group) is 1. The molecular formula is C14H19F2N7. The van der Waals surface area contributed by atoms with Crippen LogP contribution >= 0.6 is 0 Å². The van der Waals surface area contributed by atoms with Crippen LogP contribution in [-0.2, 0) is 0 Å². The molecule has 2 aromatic heterocycles. The highest BCUT2D eigenvalue weighted by molar-refractivity contribution is 5.66. The summed E-state index contributed by atoms with van der Waals surface area (Å²) in [5, 5.41) is 6.95. The highest BCUT2D eigenvalue weighted by Gasteiger charge is 2.24. The molecule has 0 bridgehead atoms. The van der Waals surface area contributed by atoms with Crippen molar-refractivity contribution in [2.24, 2.45) is 0 Å². The third-order valence-electron chi connectivity index (χ3n) is 4.16. The summed E-state index contributed by atoms with van der Waals surface area (Å²) in [7, 11) is 1.93. The molecule has 0 radical (unpaired) electrons. The van der Waals surface area contributed by atoms with Gasteiger partial charge in [0.1, 0.15) is 5.82 Å². The predicted octanol–water partition coefficient (Wildman–Crippen LogP) is 1.42. The number of halogens is 2. The van der Waals surface area contributed by atoms with Crippen LogP contribution in [0.1, 0.15) is 18.7 Å². The monoisotopic (exact) mass is 323 g/mol. The van der Waals surface area contributed by atoms with Crippen molar-refractivity contribution in [3.05, 3.63) is 18.0 Å². The largest absolute Gasteiger partial charge is 0.368 e. The third kappa shape index (κ3) is 2.96. The van der Waals surface area contributed by atoms with E-state index < -0.39 is 6.55 Å². The van der Waals surface area contributed by atoms with E-state index in [1.54, 1.807) is 13.0 Å². The quantitative estimate of drug-likeness (QED) is 0.885. The lowest BCUT2D eigenvalue weighted by molar-refractivity contribution is 0.0545. The summed E-state index contributed by atoms with van der Waals surface area (Å²) in [4.78, 5) is 10.6. The van der Waals surface area contributed by atoms with Crippen LogP contribution in [0.5, 0.6) is 0 Å². The fraction of sp³-hybridized carbons (Fsp3) is 0.500. The molecule has 9 heteroatoms. The molecule has 1 atom stereocenters. The number of alkyl halides is 2. The third-order valence-corrected chi connectivity index (χ3v) is 4.16. The van der Waals surface area contributed by atoms with Gasteiger partial charge < -0.3 is 16.0 Å². The van der Waals surface area contributed by atoms with E-state index in [1.165, 1.54) is 6.20 Å². The predicted molar refractivity (Wildman–Crippen MR) is 83.3 cm³/mol. The number of aromatic nitrogens is 4. The van der Waals surface area contributed by atoms with Crippen LogP contribution in [0, 0.1) is 6.92 Å². The van der Waals surface area contributed by atoms with Crippen molar-refractivity contribution in [1.29, 1.82) is 0 Å². The molecule has 0 spiro atoms. The number of nitrogens with one attached hydrogen (secondary N) is 1. The molecule has 0 aromatic carbocycles. The lowest BCUT2D eigenvalue weighted by Gasteiger charge is -2.18. The number of hydrogen-bond acceptors (Lipinski definition) is 6. The minimum Gasteiger partial charge on any atom is -0.368 e. The maximum Gasteiger partial charge on any atom is 0.333 e. The van der Waals surface area contributed by atoms with Crippen LogP contribution < -0.4 is 16.0 Å². The fourth-order valence-electron chi connectivity index (χ4n) is 2.83. The summed E-state index contributed by atoms with van der Waals surface area (Å²) >= 11 is 0. The zero-order valence-corrected chi connectivity index (χ0v) is 13.0. The summed E-state index contributed by atoms with van der Waals surface area (Å²) in [5.74, 6) is 0.823. The van der Waals surface area contributed by atoms with Gasteiger partial charge in [0.05, 0.1) is 17.6 Å². The number of hydrogen-bond donors (Lipinski definition) is 2. The molecule has 0 saturated carbocycles. The SMILES string of the molecule is CN[C@@H]1CCN(c2cc(-c3cnn(C(F)F)c3C)nc(N)n2)C1. The van der Waals surface area contributed by atoms with Crippen molar-refractivity contribution >= 4 is 11.8 Å². The van der Waals surface area contributed by atoms with E-state index in [2.05, 4.69) is 25.3 Å². The van der Waals surface area contributed by atoms with Crippen molar-refractivity contribution in [3.63, 3.8) is 0 Å². The molecule has 3 heterocycles. The first-order valence-corrected chi connectivity index (χ1v) is 7.39. The Hall–Kier alpha value is -2.29. The van der Waals surface area contributed by atoms with Gasteiger partial charge >= 0.3 is 6.55 Å². The second-order valence-corrected chi connectivity index (χ2v) is 5.56. The molecular weight excluding hydrogens is 304 g/mol. The van der Waals surface area contributed by atoms with Gasteiger partial charge in [-0.05, 0) is 20.4 Å². The normalized spacial score (nSPS) is 18.1. The Morgan fingerprint density at radius 3 is 2.78 bits per heavy atom. The van der Waals surface area contributed by atoms with Gasteiger partial charge in [-0.1, -0.05) is 0 Å². The number of rotatable bonds is 4. The molecule has 3 N–H and O–H groups in total. The molecule has 3 rings (SSSR count). The highest BCUT2D eigenvalue weighted by atomic mass is 19.3. The Bertz CT molecular complexity index is 700. The highest BCUT2D eigenvalue weighted by Crippen LogP contribution is 2.28. The Morgan fingerprint density at radius 1 is 1.39 bits per heavy atom. The molecule has 0 aliphatic carbocycles. The van der Waals surface area contributed by atoms with Gasteiger partial charge in [-0.3, -0.25) is 0 Å². The number of anilines is 2. The number of nitrogen functional groups attached to an aromatic ring is 1. The van der Waals surface area contributed by atoms with Gasteiger partial charge in [0.15, 0.2) is 0 Å². The maximum atomic E-state index is 12.9. The summed E-state index contributed by atoms with van der Waals surface area (Å²) in [6.07, 6.45) is 2.39. The topological polar surface area (TPSA) is 84.9 Å². The van der Waals surface area contributed by atoms with E-state index in [1.807, 2.05) is 7.05 Å². The number of nitrogens with zero attached hydrogens (tertiary/aromatic N) is 5. The first kappa shape index (κ1) is 15.6. The first-order chi connectivity index (χ1) is 11.0. The van der Waals surface area contributed by atoms with E-state index in [-0.39, 0.29) is 5.95 Å². The van der Waals surface area contributed by atoms with E-state index in [0.29, 0.717) is 33.5 Å². The van der Waals surface area contributed by atoms with E-state index in [0.717, 1.165) is 19.5 Å². The summed E-state index contributed by atoms with van der Waals surface area (Å²) < 4.78 is 26.4. The Labute approximate surface area is 132 Å². The Morgan fingerprint density at radius 2 is 2.17 bits per heavy atom. The van der Waals surface area contributed by atoms with Crippen molar-refractivity contribution in [2.45, 2.75) is 25.9 Å². The van der Waals surface area contributed by atoms with Crippen molar-refractivity contribution in [2.75, 3.05) is 30.8 Å². The summed E-state index contributed by atoms with van der Waals surface area (Å²) in [6.45, 7) is 0.579. The minimum atomic E-state index is -2.68. The maximum absolute atomic E-state index is 12.9. The van der Waals surface area contributed by atoms with Crippen LogP contribution in [0.15, 0.2) is 12.3 Å². The van der Waals surface area contributed by atoms with Crippen LogP contribution in [0.2, 0.25) is 0 Å². The van der Waals surface area contributed by atoms with E-state index in [9.17, 15) is 8.78 Å². The van der Waals surface area contributed by atoms with Gasteiger partial charge in [0.25, 0.3) is 0 Å². The minimum absolute atomic E-state index is 0.120. The Kier molecular flexibility index (Phi) is 4.12. The van der Waals surface area contributed by atoms with E-state index in [4.69, 9.17) is 5.73 Å². The molecule has 0 amide bonds. The zero-order chi connectivity index (χ0) is 16.6. The van der Waals surface area contributed by atoms with Gasteiger partial charge in [-0.25, -0.2) is 9.67 Å². The molecule has 7 nitrogen and oxygen atoms in total. The average molecular weight is 323 g/mol. The molecule has 1 aliphatic rings. The molecule has 124 valence electrons. The molecule has 1 saturated heterocycles. The molecule has 1 aliphatic heterocycles. The lowest BCUT2D eigenvalue weighted by atomic mass is 10.2. The Balaban J connectivity index is 1.95. The van der Waals surface area contributed by atoms with Crippen LogP contribution in [0.25, 0.3) is 11.3 Å². The second-order valence-electron chi connectivity index (χ2n) is 5.56. The van der Waals surface area contributed by atoms with Crippen molar-refractivity contribution in [3.8, 4) is 11.3 Å². The van der Waals surface area contributed by atoms with E-state index >= 15 is 0 Å². The first-order valence-electron chi connectivity index (χ1n) is 7.39. The van der Waals surface area contributed by atoms with Crippen LogP contribution in [0.4, 0.5) is 20.5 Å². The van der Waals surface area contributed by atoms with Crippen LogP contribution in [0.3, 0.4) is 0 Å². The van der Waals surface area contributed by atoms with Crippen molar-refractivity contribution in [1.82, 2.24) is 25.1 Å². The molecule has 2 aromatic rings. The zero-order valence-electron chi connectivity index (χ0n) is 13.0. The van der Waals surface area contributed by atoms with Crippen LogP contribution in [-0.4, -0.2) is 45.9 Å². The second kappa shape index (κ2) is 6.07. The molecule has 0 unspecified atom stereocenters. The average Bonchev–Trinajstić information content (AvgIpc) is 3.12. The number of nitrogens with two attached hydrogens (primary N) is 1. The molecule has 1 fully saturated rings.